The van der Waals surface area contributed by atoms with Crippen molar-refractivity contribution in [1.82, 2.24) is 10.3 Å². The van der Waals surface area contributed by atoms with Crippen LogP contribution in [0.2, 0.25) is 0 Å². The van der Waals surface area contributed by atoms with Crippen LogP contribution in [0, 0.1) is 11.3 Å². The minimum Gasteiger partial charge on any atom is -0.386 e. The van der Waals surface area contributed by atoms with E-state index in [1.54, 1.807) is 17.3 Å². The van der Waals surface area contributed by atoms with Crippen LogP contribution in [0.5, 0.6) is 0 Å². The molecule has 2 aliphatic rings. The molecule has 0 spiro atoms. The number of nitrogens with one attached hydrogen (secondary N) is 2. The standard InChI is InChI=1S/C13H18N4/c1-4-7-17-9(2)13(15-3)11(8-16-17)12(14)10-5-6-10/h4,8,10,14-15H,1-2,5-7H2,3H3. The van der Waals surface area contributed by atoms with Gasteiger partial charge in [-0.05, 0) is 12.8 Å². The van der Waals surface area contributed by atoms with E-state index in [-0.39, 0.29) is 0 Å². The Bertz CT molecular complexity index is 427. The van der Waals surface area contributed by atoms with Crippen LogP contribution >= 0.6 is 0 Å². The first-order valence-corrected chi connectivity index (χ1v) is 5.81. The molecule has 0 aromatic heterocycles. The second-order valence-electron chi connectivity index (χ2n) is 4.29. The molecule has 1 aliphatic heterocycles. The smallest absolute Gasteiger partial charge is 0.0764 e. The SMILES string of the molecule is C=CCN1N=CC(C(=N)C2CC2)=C(NC)C1=C. The second-order valence-corrected chi connectivity index (χ2v) is 4.29. The van der Waals surface area contributed by atoms with E-state index in [1.807, 2.05) is 7.05 Å². The van der Waals surface area contributed by atoms with Crippen molar-refractivity contribution < 1.29 is 0 Å². The lowest BCUT2D eigenvalue weighted by Crippen LogP contribution is -2.30. The highest BCUT2D eigenvalue weighted by molar-refractivity contribution is 6.17. The monoisotopic (exact) mass is 230 g/mol. The molecule has 0 aromatic rings. The molecule has 0 amide bonds. The zero-order valence-electron chi connectivity index (χ0n) is 10.2. The molecule has 1 aliphatic carbocycles. The molecular formula is C13H18N4. The van der Waals surface area contributed by atoms with E-state index < -0.39 is 0 Å². The number of allylic oxidation sites excluding steroid dienone is 1. The zero-order chi connectivity index (χ0) is 12.4. The van der Waals surface area contributed by atoms with Gasteiger partial charge < -0.3 is 10.7 Å². The maximum Gasteiger partial charge on any atom is 0.0764 e. The van der Waals surface area contributed by atoms with Crippen LogP contribution in [-0.2, 0) is 0 Å². The topological polar surface area (TPSA) is 51.5 Å². The molecule has 4 nitrogen and oxygen atoms in total. The Balaban J connectivity index is 2.27. The molecule has 0 unspecified atom stereocenters. The molecule has 1 fully saturated rings. The van der Waals surface area contributed by atoms with Crippen LogP contribution in [-0.4, -0.2) is 30.5 Å². The Kier molecular flexibility index (Phi) is 3.13. The Labute approximate surface area is 102 Å². The quantitative estimate of drug-likeness (QED) is 0.560. The predicted molar refractivity (Wildman–Crippen MR) is 71.1 cm³/mol. The maximum absolute atomic E-state index is 8.12. The van der Waals surface area contributed by atoms with Crippen LogP contribution < -0.4 is 5.32 Å². The first-order valence-electron chi connectivity index (χ1n) is 5.81. The minimum absolute atomic E-state index is 0.415. The summed E-state index contributed by atoms with van der Waals surface area (Å²) < 4.78 is 0. The van der Waals surface area contributed by atoms with E-state index in [2.05, 4.69) is 23.6 Å². The lowest BCUT2D eigenvalue weighted by atomic mass is 10.0. The second kappa shape index (κ2) is 4.57. The van der Waals surface area contributed by atoms with Crippen LogP contribution in [0.1, 0.15) is 12.8 Å². The number of hydrogen-bond donors (Lipinski definition) is 2. The molecule has 0 bridgehead atoms. The Morgan fingerprint density at radius 3 is 2.94 bits per heavy atom. The van der Waals surface area contributed by atoms with Gasteiger partial charge in [-0.15, -0.1) is 6.58 Å². The highest BCUT2D eigenvalue weighted by Gasteiger charge is 2.31. The third kappa shape index (κ3) is 2.16. The van der Waals surface area contributed by atoms with Crippen molar-refractivity contribution in [3.8, 4) is 0 Å². The average molecular weight is 230 g/mol. The van der Waals surface area contributed by atoms with E-state index in [0.29, 0.717) is 18.2 Å². The van der Waals surface area contributed by atoms with Crippen molar-refractivity contribution in [2.45, 2.75) is 12.8 Å². The molecule has 2 rings (SSSR count). The maximum atomic E-state index is 8.12. The molecule has 0 atom stereocenters. The first-order chi connectivity index (χ1) is 8.19. The van der Waals surface area contributed by atoms with E-state index in [4.69, 9.17) is 5.41 Å². The Morgan fingerprint density at radius 1 is 1.71 bits per heavy atom. The zero-order valence-corrected chi connectivity index (χ0v) is 10.2. The summed E-state index contributed by atoms with van der Waals surface area (Å²) in [6.07, 6.45) is 5.78. The van der Waals surface area contributed by atoms with Gasteiger partial charge in [0.25, 0.3) is 0 Å². The van der Waals surface area contributed by atoms with Gasteiger partial charge in [-0.2, -0.15) is 5.10 Å². The molecule has 0 aromatic carbocycles. The highest BCUT2D eigenvalue weighted by Crippen LogP contribution is 2.34. The summed E-state index contributed by atoms with van der Waals surface area (Å²) in [5.41, 5.74) is 3.26. The summed E-state index contributed by atoms with van der Waals surface area (Å²) in [5.74, 6) is 0.415. The summed E-state index contributed by atoms with van der Waals surface area (Å²) in [4.78, 5) is 0. The van der Waals surface area contributed by atoms with Gasteiger partial charge in [-0.1, -0.05) is 12.7 Å². The van der Waals surface area contributed by atoms with Gasteiger partial charge in [0.05, 0.1) is 24.2 Å². The minimum atomic E-state index is 0.415. The molecule has 0 saturated heterocycles. The van der Waals surface area contributed by atoms with E-state index in [0.717, 1.165) is 29.8 Å². The fraction of sp³-hybridized carbons (Fsp3) is 0.385. The Hall–Kier alpha value is -1.84. The lowest BCUT2D eigenvalue weighted by Gasteiger charge is -2.27. The molecule has 0 radical (unpaired) electrons. The van der Waals surface area contributed by atoms with E-state index >= 15 is 0 Å². The molecule has 1 heterocycles. The normalized spacial score (nSPS) is 19.6. The van der Waals surface area contributed by atoms with Crippen LogP contribution in [0.25, 0.3) is 0 Å². The summed E-state index contributed by atoms with van der Waals surface area (Å²) in [6, 6.07) is 0. The van der Waals surface area contributed by atoms with Crippen molar-refractivity contribution in [3.05, 3.63) is 36.2 Å². The van der Waals surface area contributed by atoms with Crippen LogP contribution in [0.3, 0.4) is 0 Å². The van der Waals surface area contributed by atoms with Crippen molar-refractivity contribution in [1.29, 1.82) is 5.41 Å². The summed E-state index contributed by atoms with van der Waals surface area (Å²) in [6.45, 7) is 8.35. The van der Waals surface area contributed by atoms with Gasteiger partial charge in [-0.3, -0.25) is 5.01 Å². The molecular weight excluding hydrogens is 212 g/mol. The molecule has 17 heavy (non-hydrogen) atoms. The molecule has 4 heteroatoms. The van der Waals surface area contributed by atoms with Gasteiger partial charge in [0.2, 0.25) is 0 Å². The summed E-state index contributed by atoms with van der Waals surface area (Å²) in [5, 5.41) is 17.3. The number of likely N-dealkylation sites (N-methyl/N-ethyl adjacent to an activating group) is 1. The third-order valence-electron chi connectivity index (χ3n) is 3.02. The fourth-order valence-electron chi connectivity index (χ4n) is 1.90. The molecule has 90 valence electrons. The van der Waals surface area contributed by atoms with Crippen LogP contribution in [0.4, 0.5) is 0 Å². The highest BCUT2D eigenvalue weighted by atomic mass is 15.5. The van der Waals surface area contributed by atoms with Gasteiger partial charge in [0.15, 0.2) is 0 Å². The number of hydrazone groups is 1. The fourth-order valence-corrected chi connectivity index (χ4v) is 1.90. The number of hydrogen-bond acceptors (Lipinski definition) is 4. The van der Waals surface area contributed by atoms with Gasteiger partial charge >= 0.3 is 0 Å². The summed E-state index contributed by atoms with van der Waals surface area (Å²) in [7, 11) is 1.85. The van der Waals surface area contributed by atoms with Crippen molar-refractivity contribution in [2.75, 3.05) is 13.6 Å². The third-order valence-corrected chi connectivity index (χ3v) is 3.02. The largest absolute Gasteiger partial charge is 0.386 e. The first kappa shape index (κ1) is 11.6. The van der Waals surface area contributed by atoms with Crippen molar-refractivity contribution in [2.24, 2.45) is 11.0 Å². The van der Waals surface area contributed by atoms with Crippen molar-refractivity contribution in [3.63, 3.8) is 0 Å². The van der Waals surface area contributed by atoms with E-state index in [1.165, 1.54) is 0 Å². The van der Waals surface area contributed by atoms with Gasteiger partial charge in [-0.25, -0.2) is 0 Å². The molecule has 1 saturated carbocycles. The molecule has 2 N–H and O–H groups in total. The van der Waals surface area contributed by atoms with Gasteiger partial charge in [0, 0.05) is 24.3 Å². The predicted octanol–water partition coefficient (Wildman–Crippen LogP) is 1.89. The van der Waals surface area contributed by atoms with E-state index in [9.17, 15) is 0 Å². The van der Waals surface area contributed by atoms with Gasteiger partial charge in [0.1, 0.15) is 0 Å². The number of rotatable bonds is 5. The summed E-state index contributed by atoms with van der Waals surface area (Å²) >= 11 is 0. The number of nitrogens with zero attached hydrogens (tertiary/aromatic N) is 2. The van der Waals surface area contributed by atoms with Crippen molar-refractivity contribution >= 4 is 11.9 Å². The average Bonchev–Trinajstić information content (AvgIpc) is 3.15. The van der Waals surface area contributed by atoms with Crippen LogP contribution in [0.15, 0.2) is 41.3 Å². The lowest BCUT2D eigenvalue weighted by molar-refractivity contribution is 0.406. The Morgan fingerprint density at radius 2 is 2.41 bits per heavy atom.